The van der Waals surface area contributed by atoms with Crippen LogP contribution in [0.3, 0.4) is 0 Å². The highest BCUT2D eigenvalue weighted by atomic mass is 31.2. The SMILES string of the molecule is NC(Cc1ccccc1)(c1ccccc1)P(=O)(O)O. The summed E-state index contributed by atoms with van der Waals surface area (Å²) in [5.74, 6) is 0. The van der Waals surface area contributed by atoms with Gasteiger partial charge in [0.1, 0.15) is 5.28 Å². The lowest BCUT2D eigenvalue weighted by molar-refractivity contribution is 0.324. The number of benzene rings is 2. The highest BCUT2D eigenvalue weighted by Gasteiger charge is 2.44. The van der Waals surface area contributed by atoms with Crippen molar-refractivity contribution < 1.29 is 14.4 Å². The smallest absolute Gasteiger partial charge is 0.323 e. The van der Waals surface area contributed by atoms with E-state index in [-0.39, 0.29) is 6.42 Å². The number of hydrogen-bond acceptors (Lipinski definition) is 2. The summed E-state index contributed by atoms with van der Waals surface area (Å²) in [5, 5.41) is -1.70. The first kappa shape index (κ1) is 14.0. The highest BCUT2D eigenvalue weighted by molar-refractivity contribution is 7.53. The van der Waals surface area contributed by atoms with E-state index in [1.165, 1.54) is 0 Å². The van der Waals surface area contributed by atoms with Crippen molar-refractivity contribution >= 4 is 7.60 Å². The van der Waals surface area contributed by atoms with Gasteiger partial charge in [-0.25, -0.2) is 0 Å². The van der Waals surface area contributed by atoms with Crippen LogP contribution in [-0.2, 0) is 16.3 Å². The van der Waals surface area contributed by atoms with Crippen LogP contribution in [0.25, 0.3) is 0 Å². The number of hydrogen-bond donors (Lipinski definition) is 3. The van der Waals surface area contributed by atoms with Gasteiger partial charge >= 0.3 is 7.60 Å². The van der Waals surface area contributed by atoms with E-state index in [1.54, 1.807) is 42.5 Å². The first-order valence-electron chi connectivity index (χ1n) is 5.87. The predicted octanol–water partition coefficient (Wildman–Crippen LogP) is 2.22. The summed E-state index contributed by atoms with van der Waals surface area (Å²) in [5.41, 5.74) is 7.29. The number of rotatable bonds is 4. The van der Waals surface area contributed by atoms with E-state index in [0.29, 0.717) is 5.56 Å². The fourth-order valence-electron chi connectivity index (χ4n) is 2.01. The molecule has 4 nitrogen and oxygen atoms in total. The Labute approximate surface area is 112 Å². The Morgan fingerprint density at radius 3 is 1.89 bits per heavy atom. The van der Waals surface area contributed by atoms with E-state index in [4.69, 9.17) is 5.73 Å². The second-order valence-corrected chi connectivity index (χ2v) is 6.38. The van der Waals surface area contributed by atoms with Crippen LogP contribution in [0.1, 0.15) is 11.1 Å². The first-order valence-corrected chi connectivity index (χ1v) is 7.49. The Morgan fingerprint density at radius 2 is 1.42 bits per heavy atom. The predicted molar refractivity (Wildman–Crippen MR) is 74.5 cm³/mol. The molecule has 0 aromatic heterocycles. The van der Waals surface area contributed by atoms with Crippen molar-refractivity contribution in [3.8, 4) is 0 Å². The minimum atomic E-state index is -4.50. The van der Waals surface area contributed by atoms with Crippen LogP contribution in [0.2, 0.25) is 0 Å². The van der Waals surface area contributed by atoms with E-state index >= 15 is 0 Å². The van der Waals surface area contributed by atoms with E-state index in [2.05, 4.69) is 0 Å². The monoisotopic (exact) mass is 277 g/mol. The van der Waals surface area contributed by atoms with Gasteiger partial charge in [0, 0.05) is 6.42 Å². The zero-order valence-corrected chi connectivity index (χ0v) is 11.2. The van der Waals surface area contributed by atoms with Gasteiger partial charge in [-0.2, -0.15) is 0 Å². The molecule has 0 aliphatic rings. The molecule has 0 radical (unpaired) electrons. The molecule has 0 saturated carbocycles. The maximum atomic E-state index is 11.8. The molecule has 0 fully saturated rings. The molecule has 0 aliphatic carbocycles. The molecule has 0 bridgehead atoms. The largest absolute Gasteiger partial charge is 0.350 e. The minimum Gasteiger partial charge on any atom is -0.323 e. The third-order valence-electron chi connectivity index (χ3n) is 3.11. The molecule has 0 spiro atoms. The lowest BCUT2D eigenvalue weighted by atomic mass is 9.99. The molecule has 1 unspecified atom stereocenters. The lowest BCUT2D eigenvalue weighted by Crippen LogP contribution is -2.38. The Hall–Kier alpha value is -1.45. The topological polar surface area (TPSA) is 83.6 Å². The van der Waals surface area contributed by atoms with E-state index < -0.39 is 12.9 Å². The van der Waals surface area contributed by atoms with Crippen LogP contribution in [0, 0.1) is 0 Å². The van der Waals surface area contributed by atoms with E-state index in [0.717, 1.165) is 5.56 Å². The van der Waals surface area contributed by atoms with Gasteiger partial charge in [0.25, 0.3) is 0 Å². The fraction of sp³-hybridized carbons (Fsp3) is 0.143. The van der Waals surface area contributed by atoms with Gasteiger partial charge < -0.3 is 15.5 Å². The Morgan fingerprint density at radius 1 is 0.947 bits per heavy atom. The van der Waals surface area contributed by atoms with Crippen molar-refractivity contribution in [1.82, 2.24) is 0 Å². The Bertz CT molecular complexity index is 582. The van der Waals surface area contributed by atoms with Gasteiger partial charge in [0.05, 0.1) is 0 Å². The summed E-state index contributed by atoms with van der Waals surface area (Å²) in [6, 6.07) is 17.6. The van der Waals surface area contributed by atoms with Gasteiger partial charge in [0.15, 0.2) is 0 Å². The van der Waals surface area contributed by atoms with Crippen LogP contribution in [0.15, 0.2) is 60.7 Å². The van der Waals surface area contributed by atoms with Crippen LogP contribution < -0.4 is 5.73 Å². The molecular weight excluding hydrogens is 261 g/mol. The van der Waals surface area contributed by atoms with Gasteiger partial charge in [-0.15, -0.1) is 0 Å². The summed E-state index contributed by atoms with van der Waals surface area (Å²) >= 11 is 0. The summed E-state index contributed by atoms with van der Waals surface area (Å²) in [6.45, 7) is 0. The maximum Gasteiger partial charge on any atom is 0.350 e. The number of nitrogens with two attached hydrogens (primary N) is 1. The second-order valence-electron chi connectivity index (χ2n) is 4.50. The quantitative estimate of drug-likeness (QED) is 0.748. The average Bonchev–Trinajstić information content (AvgIpc) is 2.39. The standard InChI is InChI=1S/C14H16NO3P/c15-14(19(16,17)18,13-9-5-2-6-10-13)11-12-7-3-1-4-8-12/h1-10H,11,15H2,(H2,16,17,18). The fourth-order valence-corrected chi connectivity index (χ4v) is 2.88. The van der Waals surface area contributed by atoms with Crippen molar-refractivity contribution in [3.05, 3.63) is 71.8 Å². The molecule has 4 N–H and O–H groups in total. The molecule has 1 atom stereocenters. The molecule has 0 saturated heterocycles. The lowest BCUT2D eigenvalue weighted by Gasteiger charge is -2.30. The Balaban J connectivity index is 2.45. The van der Waals surface area contributed by atoms with E-state index in [9.17, 15) is 14.4 Å². The van der Waals surface area contributed by atoms with Crippen molar-refractivity contribution in [2.75, 3.05) is 0 Å². The molecule has 0 amide bonds. The van der Waals surface area contributed by atoms with Crippen LogP contribution in [-0.4, -0.2) is 9.79 Å². The minimum absolute atomic E-state index is 0.0854. The normalized spacial score (nSPS) is 14.9. The summed E-state index contributed by atoms with van der Waals surface area (Å²) in [4.78, 5) is 19.3. The first-order chi connectivity index (χ1) is 8.93. The molecule has 2 rings (SSSR count). The molecule has 2 aromatic carbocycles. The van der Waals surface area contributed by atoms with Gasteiger partial charge in [0.2, 0.25) is 0 Å². The van der Waals surface area contributed by atoms with Crippen molar-refractivity contribution in [1.29, 1.82) is 0 Å². The van der Waals surface area contributed by atoms with Gasteiger partial charge in [-0.3, -0.25) is 4.57 Å². The summed E-state index contributed by atoms with van der Waals surface area (Å²) in [7, 11) is -4.50. The van der Waals surface area contributed by atoms with Crippen molar-refractivity contribution in [3.63, 3.8) is 0 Å². The molecular formula is C14H16NO3P. The molecule has 0 heterocycles. The Kier molecular flexibility index (Phi) is 3.88. The third-order valence-corrected chi connectivity index (χ3v) is 4.57. The van der Waals surface area contributed by atoms with Crippen LogP contribution in [0.4, 0.5) is 0 Å². The van der Waals surface area contributed by atoms with E-state index in [1.807, 2.05) is 18.2 Å². The average molecular weight is 277 g/mol. The second kappa shape index (κ2) is 5.27. The molecule has 5 heteroatoms. The maximum absolute atomic E-state index is 11.8. The van der Waals surface area contributed by atoms with Gasteiger partial charge in [-0.1, -0.05) is 60.7 Å². The molecule has 100 valence electrons. The van der Waals surface area contributed by atoms with Gasteiger partial charge in [-0.05, 0) is 11.1 Å². The highest BCUT2D eigenvalue weighted by Crippen LogP contribution is 2.54. The third kappa shape index (κ3) is 2.94. The summed E-state index contributed by atoms with van der Waals surface area (Å²) in [6.07, 6.45) is 0.0854. The molecule has 2 aromatic rings. The van der Waals surface area contributed by atoms with Crippen LogP contribution in [0.5, 0.6) is 0 Å². The van der Waals surface area contributed by atoms with Crippen molar-refractivity contribution in [2.45, 2.75) is 11.7 Å². The zero-order chi connectivity index (χ0) is 13.9. The molecule has 19 heavy (non-hydrogen) atoms. The summed E-state index contributed by atoms with van der Waals surface area (Å²) < 4.78 is 11.8. The van der Waals surface area contributed by atoms with Crippen molar-refractivity contribution in [2.24, 2.45) is 5.73 Å². The van der Waals surface area contributed by atoms with Crippen LogP contribution >= 0.6 is 7.60 Å². The molecule has 0 aliphatic heterocycles. The zero-order valence-electron chi connectivity index (χ0n) is 10.3.